The summed E-state index contributed by atoms with van der Waals surface area (Å²) in [5.74, 6) is -3.19. The molecule has 9 heavy (non-hydrogen) atoms. The van der Waals surface area contributed by atoms with Crippen molar-refractivity contribution in [1.29, 1.82) is 0 Å². The molecule has 0 bridgehead atoms. The minimum absolute atomic E-state index is 0.452. The van der Waals surface area contributed by atoms with E-state index >= 15 is 0 Å². The Balaban J connectivity index is 3.70. The van der Waals surface area contributed by atoms with Gasteiger partial charge in [-0.05, 0) is 6.92 Å². The zero-order chi connectivity index (χ0) is 7.49. The molecule has 0 amide bonds. The van der Waals surface area contributed by atoms with Crippen molar-refractivity contribution in [3.8, 4) is 0 Å². The van der Waals surface area contributed by atoms with E-state index in [1.165, 1.54) is 0 Å². The normalized spacial score (nSPS) is 17.0. The van der Waals surface area contributed by atoms with Gasteiger partial charge < -0.3 is 0 Å². The Morgan fingerprint density at radius 2 is 2.11 bits per heavy atom. The van der Waals surface area contributed by atoms with E-state index in [1.54, 1.807) is 0 Å². The highest BCUT2D eigenvalue weighted by atomic mass is 35.6. The lowest BCUT2D eigenvalue weighted by molar-refractivity contribution is -0.0463. The van der Waals surface area contributed by atoms with Gasteiger partial charge in [0, 0.05) is 6.04 Å². The molecule has 5 heteroatoms. The summed E-state index contributed by atoms with van der Waals surface area (Å²) in [6, 6.07) is -0.452. The van der Waals surface area contributed by atoms with Crippen molar-refractivity contribution in [2.24, 2.45) is 0 Å². The molecule has 0 spiro atoms. The van der Waals surface area contributed by atoms with E-state index in [9.17, 15) is 13.2 Å². The van der Waals surface area contributed by atoms with Crippen molar-refractivity contribution in [2.45, 2.75) is 25.1 Å². The largest absolute Gasteiger partial charge is 0.276 e. The molecule has 0 fully saturated rings. The van der Waals surface area contributed by atoms with Crippen molar-refractivity contribution in [1.82, 2.24) is 0 Å². The van der Waals surface area contributed by atoms with Crippen LogP contribution in [0.4, 0.5) is 13.2 Å². The van der Waals surface area contributed by atoms with Gasteiger partial charge in [-0.1, -0.05) is 0 Å². The van der Waals surface area contributed by atoms with Crippen molar-refractivity contribution >= 4 is 19.9 Å². The van der Waals surface area contributed by atoms with E-state index in [0.29, 0.717) is 0 Å². The first-order chi connectivity index (χ1) is 4.00. The summed E-state index contributed by atoms with van der Waals surface area (Å²) in [5.41, 5.74) is 0. The van der Waals surface area contributed by atoms with E-state index in [-0.39, 0.29) is 0 Å². The molecule has 56 valence electrons. The number of halogens is 4. The number of rotatable bonds is 3. The van der Waals surface area contributed by atoms with Crippen LogP contribution in [0, 0.1) is 0 Å². The molecular formula is C4H8ClF3Si. The Kier molecular flexibility index (Phi) is 3.58. The SMILES string of the molecule is CC(F)C(F)(F)C[SiH2]Cl. The topological polar surface area (TPSA) is 0 Å². The maximum atomic E-state index is 12.1. The van der Waals surface area contributed by atoms with Gasteiger partial charge in [-0.15, -0.1) is 0 Å². The van der Waals surface area contributed by atoms with Crippen molar-refractivity contribution in [3.05, 3.63) is 0 Å². The van der Waals surface area contributed by atoms with Crippen LogP contribution in [0.2, 0.25) is 6.04 Å². The van der Waals surface area contributed by atoms with Crippen LogP contribution >= 0.6 is 11.1 Å². The van der Waals surface area contributed by atoms with E-state index in [1.807, 2.05) is 0 Å². The molecule has 0 aliphatic heterocycles. The van der Waals surface area contributed by atoms with Gasteiger partial charge in [0.2, 0.25) is 0 Å². The Bertz CT molecular complexity index is 85.9. The summed E-state index contributed by atoms with van der Waals surface area (Å²) >= 11 is 5.12. The van der Waals surface area contributed by atoms with Crippen molar-refractivity contribution in [3.63, 3.8) is 0 Å². The van der Waals surface area contributed by atoms with Gasteiger partial charge in [-0.25, -0.2) is 13.2 Å². The Labute approximate surface area is 58.9 Å². The predicted molar refractivity (Wildman–Crippen MR) is 34.7 cm³/mol. The van der Waals surface area contributed by atoms with Gasteiger partial charge in [-0.2, -0.15) is 11.1 Å². The van der Waals surface area contributed by atoms with Gasteiger partial charge in [0.25, 0.3) is 5.92 Å². The van der Waals surface area contributed by atoms with Crippen LogP contribution in [0.1, 0.15) is 6.92 Å². The van der Waals surface area contributed by atoms with E-state index in [0.717, 1.165) is 6.92 Å². The van der Waals surface area contributed by atoms with Crippen LogP contribution in [0.3, 0.4) is 0 Å². The lowest BCUT2D eigenvalue weighted by atomic mass is 10.3. The molecule has 0 rings (SSSR count). The summed E-state index contributed by atoms with van der Waals surface area (Å²) in [7, 11) is -1.25. The first-order valence-electron chi connectivity index (χ1n) is 2.58. The van der Waals surface area contributed by atoms with Crippen molar-refractivity contribution in [2.75, 3.05) is 0 Å². The minimum atomic E-state index is -3.19. The van der Waals surface area contributed by atoms with E-state index < -0.39 is 27.0 Å². The zero-order valence-electron chi connectivity index (χ0n) is 5.00. The van der Waals surface area contributed by atoms with Gasteiger partial charge in [-0.3, -0.25) is 0 Å². The second kappa shape index (κ2) is 3.46. The third-order valence-electron chi connectivity index (χ3n) is 1.01. The van der Waals surface area contributed by atoms with Gasteiger partial charge in [0.15, 0.2) is 6.17 Å². The molecule has 0 aliphatic rings. The Morgan fingerprint density at radius 3 is 2.22 bits per heavy atom. The molecule has 1 atom stereocenters. The fourth-order valence-electron chi connectivity index (χ4n) is 0.325. The van der Waals surface area contributed by atoms with Crippen LogP contribution in [-0.4, -0.2) is 20.9 Å². The van der Waals surface area contributed by atoms with Crippen LogP contribution in [0.5, 0.6) is 0 Å². The standard InChI is InChI=1S/C4H8ClF3Si/c1-3(6)4(7,8)2-9-5/h3H,2,9H2,1H3. The van der Waals surface area contributed by atoms with Crippen LogP contribution < -0.4 is 0 Å². The highest BCUT2D eigenvalue weighted by Gasteiger charge is 2.35. The zero-order valence-corrected chi connectivity index (χ0v) is 7.17. The van der Waals surface area contributed by atoms with Crippen LogP contribution in [0.25, 0.3) is 0 Å². The van der Waals surface area contributed by atoms with Crippen LogP contribution in [-0.2, 0) is 0 Å². The molecular weight excluding hydrogens is 169 g/mol. The van der Waals surface area contributed by atoms with Crippen molar-refractivity contribution < 1.29 is 13.2 Å². The monoisotopic (exact) mass is 176 g/mol. The molecule has 0 N–H and O–H groups in total. The maximum absolute atomic E-state index is 12.1. The lowest BCUT2D eigenvalue weighted by Crippen LogP contribution is -2.27. The molecule has 0 aromatic heterocycles. The summed E-state index contributed by atoms with van der Waals surface area (Å²) in [6.07, 6.45) is -2.07. The molecule has 0 aliphatic carbocycles. The highest BCUT2D eigenvalue weighted by molar-refractivity contribution is 6.93. The lowest BCUT2D eigenvalue weighted by Gasteiger charge is -2.14. The summed E-state index contributed by atoms with van der Waals surface area (Å²) in [6.45, 7) is 0.848. The van der Waals surface area contributed by atoms with E-state index in [4.69, 9.17) is 11.1 Å². The fourth-order valence-corrected chi connectivity index (χ4v) is 1.73. The van der Waals surface area contributed by atoms with E-state index in [2.05, 4.69) is 0 Å². The molecule has 0 nitrogen and oxygen atoms in total. The molecule has 0 heterocycles. The summed E-state index contributed by atoms with van der Waals surface area (Å²) < 4.78 is 36.1. The van der Waals surface area contributed by atoms with Gasteiger partial charge in [0.1, 0.15) is 8.83 Å². The molecule has 1 unspecified atom stereocenters. The van der Waals surface area contributed by atoms with Gasteiger partial charge >= 0.3 is 0 Å². The molecule has 0 aromatic rings. The summed E-state index contributed by atoms with van der Waals surface area (Å²) in [4.78, 5) is 0. The number of hydrogen-bond acceptors (Lipinski definition) is 0. The fraction of sp³-hybridized carbons (Fsp3) is 1.00. The van der Waals surface area contributed by atoms with Gasteiger partial charge in [0.05, 0.1) is 0 Å². The average Bonchev–Trinajstić information content (AvgIpc) is 1.65. The second-order valence-corrected chi connectivity index (χ2v) is 3.83. The average molecular weight is 177 g/mol. The first-order valence-corrected chi connectivity index (χ1v) is 5.72. The first kappa shape index (κ1) is 9.30. The molecule has 0 radical (unpaired) electrons. The molecule has 0 saturated carbocycles. The Hall–Kier alpha value is 0.297. The number of hydrogen-bond donors (Lipinski definition) is 0. The third-order valence-corrected chi connectivity index (χ3v) is 2.43. The number of alkyl halides is 3. The Morgan fingerprint density at radius 1 is 1.67 bits per heavy atom. The molecule has 0 saturated heterocycles. The smallest absolute Gasteiger partial charge is 0.241 e. The predicted octanol–water partition coefficient (Wildman–Crippen LogP) is 1.72. The molecule has 0 aromatic carbocycles. The second-order valence-electron chi connectivity index (χ2n) is 1.82. The minimum Gasteiger partial charge on any atom is -0.241 e. The van der Waals surface area contributed by atoms with Crippen LogP contribution in [0.15, 0.2) is 0 Å². The maximum Gasteiger partial charge on any atom is 0.276 e. The quantitative estimate of drug-likeness (QED) is 0.454. The third kappa shape index (κ3) is 3.10. The highest BCUT2D eigenvalue weighted by Crippen LogP contribution is 2.25. The summed E-state index contributed by atoms with van der Waals surface area (Å²) in [5, 5.41) is 0.